The van der Waals surface area contributed by atoms with Crippen LogP contribution in [0.25, 0.3) is 10.8 Å². The average Bonchev–Trinajstić information content (AvgIpc) is 2.40. The minimum absolute atomic E-state index is 0.180. The van der Waals surface area contributed by atoms with Gasteiger partial charge in [-0.15, -0.1) is 0 Å². The van der Waals surface area contributed by atoms with E-state index >= 15 is 0 Å². The highest BCUT2D eigenvalue weighted by Gasteiger charge is 2.24. The van der Waals surface area contributed by atoms with E-state index in [1.807, 2.05) is 12.1 Å². The van der Waals surface area contributed by atoms with Crippen LogP contribution >= 0.6 is 15.9 Å². The first-order valence-corrected chi connectivity index (χ1v) is 6.73. The number of hydroxylamine groups is 1. The molecule has 1 aliphatic rings. The van der Waals surface area contributed by atoms with Gasteiger partial charge in [-0.2, -0.15) is 5.48 Å². The van der Waals surface area contributed by atoms with E-state index in [1.165, 1.54) is 10.8 Å². The molecule has 0 amide bonds. The van der Waals surface area contributed by atoms with Gasteiger partial charge in [0.2, 0.25) is 0 Å². The summed E-state index contributed by atoms with van der Waals surface area (Å²) >= 11 is 3.65. The molecule has 0 aliphatic carbocycles. The van der Waals surface area contributed by atoms with Crippen molar-refractivity contribution in [1.82, 2.24) is 5.48 Å². The normalized spacial score (nSPS) is 18.4. The van der Waals surface area contributed by atoms with Crippen molar-refractivity contribution in [3.63, 3.8) is 0 Å². The van der Waals surface area contributed by atoms with Gasteiger partial charge >= 0.3 is 0 Å². The number of rotatable bonds is 2. The lowest BCUT2D eigenvalue weighted by Crippen LogP contribution is -2.26. The Bertz CT molecular complexity index is 585. The van der Waals surface area contributed by atoms with Gasteiger partial charge in [-0.25, -0.2) is 0 Å². The molecule has 2 aromatic rings. The maximum Gasteiger partial charge on any atom is 0.138 e. The summed E-state index contributed by atoms with van der Waals surface area (Å²) < 4.78 is 6.82. The lowest BCUT2D eigenvalue weighted by atomic mass is 9.97. The van der Waals surface area contributed by atoms with Crippen molar-refractivity contribution < 1.29 is 9.57 Å². The SMILES string of the molecule is CONC1CCOc2c1cc1ccccc1c2Br. The van der Waals surface area contributed by atoms with Crippen LogP contribution in [0.5, 0.6) is 5.75 Å². The molecule has 0 aromatic heterocycles. The first kappa shape index (κ1) is 12.0. The van der Waals surface area contributed by atoms with Crippen LogP contribution in [0.15, 0.2) is 34.8 Å². The Morgan fingerprint density at radius 1 is 1.39 bits per heavy atom. The number of hydrogen-bond acceptors (Lipinski definition) is 3. The van der Waals surface area contributed by atoms with E-state index in [2.05, 4.69) is 39.6 Å². The van der Waals surface area contributed by atoms with Crippen LogP contribution in [0.3, 0.4) is 0 Å². The van der Waals surface area contributed by atoms with Crippen molar-refractivity contribution in [3.8, 4) is 5.75 Å². The summed E-state index contributed by atoms with van der Waals surface area (Å²) in [5, 5.41) is 2.38. The molecule has 3 nitrogen and oxygen atoms in total. The highest BCUT2D eigenvalue weighted by atomic mass is 79.9. The van der Waals surface area contributed by atoms with Crippen molar-refractivity contribution in [1.29, 1.82) is 0 Å². The fourth-order valence-electron chi connectivity index (χ4n) is 2.41. The van der Waals surface area contributed by atoms with E-state index in [0.717, 1.165) is 22.2 Å². The lowest BCUT2D eigenvalue weighted by Gasteiger charge is -2.27. The maximum absolute atomic E-state index is 5.80. The van der Waals surface area contributed by atoms with Crippen LogP contribution in [0.2, 0.25) is 0 Å². The average molecular weight is 308 g/mol. The van der Waals surface area contributed by atoms with Crippen molar-refractivity contribution in [3.05, 3.63) is 40.4 Å². The second kappa shape index (κ2) is 4.88. The van der Waals surface area contributed by atoms with E-state index in [0.29, 0.717) is 6.61 Å². The minimum atomic E-state index is 0.180. The molecule has 0 spiro atoms. The van der Waals surface area contributed by atoms with E-state index in [9.17, 15) is 0 Å². The molecule has 2 aromatic carbocycles. The second-order valence-corrected chi connectivity index (χ2v) is 5.13. The number of hydrogen-bond donors (Lipinski definition) is 1. The summed E-state index contributed by atoms with van der Waals surface area (Å²) in [7, 11) is 1.64. The number of halogens is 1. The topological polar surface area (TPSA) is 30.5 Å². The van der Waals surface area contributed by atoms with Crippen LogP contribution in [-0.2, 0) is 4.84 Å². The monoisotopic (exact) mass is 307 g/mol. The molecule has 0 bridgehead atoms. The summed E-state index contributed by atoms with van der Waals surface area (Å²) in [5.41, 5.74) is 4.18. The predicted octanol–water partition coefficient (Wildman–Crippen LogP) is 3.58. The Balaban J connectivity index is 2.21. The third kappa shape index (κ3) is 1.90. The van der Waals surface area contributed by atoms with Crippen molar-refractivity contribution in [2.45, 2.75) is 12.5 Å². The smallest absolute Gasteiger partial charge is 0.138 e. The molecule has 1 N–H and O–H groups in total. The first-order valence-electron chi connectivity index (χ1n) is 5.93. The molecule has 0 radical (unpaired) electrons. The first-order chi connectivity index (χ1) is 8.81. The van der Waals surface area contributed by atoms with Crippen LogP contribution in [-0.4, -0.2) is 13.7 Å². The molecule has 0 saturated carbocycles. The molecule has 94 valence electrons. The van der Waals surface area contributed by atoms with Crippen LogP contribution in [0, 0.1) is 0 Å². The Morgan fingerprint density at radius 2 is 2.22 bits per heavy atom. The molecule has 1 heterocycles. The largest absolute Gasteiger partial charge is 0.492 e. The molecule has 1 atom stereocenters. The Morgan fingerprint density at radius 3 is 3.06 bits per heavy atom. The van der Waals surface area contributed by atoms with Gasteiger partial charge in [0.1, 0.15) is 5.75 Å². The number of nitrogens with one attached hydrogen (secondary N) is 1. The van der Waals surface area contributed by atoms with E-state index < -0.39 is 0 Å². The quantitative estimate of drug-likeness (QED) is 0.860. The van der Waals surface area contributed by atoms with E-state index in [4.69, 9.17) is 9.57 Å². The molecule has 1 aliphatic heterocycles. The van der Waals surface area contributed by atoms with Crippen molar-refractivity contribution >= 4 is 26.7 Å². The van der Waals surface area contributed by atoms with Gasteiger partial charge in [-0.1, -0.05) is 24.3 Å². The molecule has 0 fully saturated rings. The van der Waals surface area contributed by atoms with Gasteiger partial charge in [-0.05, 0) is 32.8 Å². The molecule has 1 unspecified atom stereocenters. The van der Waals surface area contributed by atoms with Crippen molar-refractivity contribution in [2.75, 3.05) is 13.7 Å². The fourth-order valence-corrected chi connectivity index (χ4v) is 3.11. The third-order valence-electron chi connectivity index (χ3n) is 3.26. The van der Waals surface area contributed by atoms with Gasteiger partial charge in [0.05, 0.1) is 24.2 Å². The lowest BCUT2D eigenvalue weighted by molar-refractivity contribution is 0.0462. The minimum Gasteiger partial charge on any atom is -0.492 e. The molecule has 3 rings (SSSR count). The zero-order valence-corrected chi connectivity index (χ0v) is 11.7. The number of fused-ring (bicyclic) bond motifs is 2. The summed E-state index contributed by atoms with van der Waals surface area (Å²) in [6.45, 7) is 0.699. The van der Waals surface area contributed by atoms with Crippen LogP contribution < -0.4 is 10.2 Å². The predicted molar refractivity (Wildman–Crippen MR) is 74.6 cm³/mol. The zero-order valence-electron chi connectivity index (χ0n) is 10.1. The molecule has 0 saturated heterocycles. The van der Waals surface area contributed by atoms with Gasteiger partial charge in [-0.3, -0.25) is 0 Å². The summed E-state index contributed by atoms with van der Waals surface area (Å²) in [5.74, 6) is 0.925. The second-order valence-electron chi connectivity index (χ2n) is 4.34. The van der Waals surface area contributed by atoms with E-state index in [-0.39, 0.29) is 6.04 Å². The Hall–Kier alpha value is -1.10. The molecule has 18 heavy (non-hydrogen) atoms. The summed E-state index contributed by atoms with van der Waals surface area (Å²) in [4.78, 5) is 5.07. The Labute approximate surface area is 114 Å². The number of benzene rings is 2. The number of ether oxygens (including phenoxy) is 1. The Kier molecular flexibility index (Phi) is 3.24. The van der Waals surface area contributed by atoms with E-state index in [1.54, 1.807) is 7.11 Å². The fraction of sp³-hybridized carbons (Fsp3) is 0.286. The van der Waals surface area contributed by atoms with Gasteiger partial charge in [0.15, 0.2) is 0 Å². The molecule has 4 heteroatoms. The zero-order chi connectivity index (χ0) is 12.5. The molecular weight excluding hydrogens is 294 g/mol. The summed E-state index contributed by atoms with van der Waals surface area (Å²) in [6, 6.07) is 10.6. The van der Waals surface area contributed by atoms with Crippen LogP contribution in [0.1, 0.15) is 18.0 Å². The highest BCUT2D eigenvalue weighted by molar-refractivity contribution is 9.10. The third-order valence-corrected chi connectivity index (χ3v) is 4.05. The standard InChI is InChI=1S/C14H14BrNO2/c1-17-16-12-6-7-18-14-11(12)8-9-4-2-3-5-10(9)13(14)15/h2-5,8,12,16H,6-7H2,1H3. The highest BCUT2D eigenvalue weighted by Crippen LogP contribution is 2.42. The maximum atomic E-state index is 5.80. The summed E-state index contributed by atoms with van der Waals surface area (Å²) in [6.07, 6.45) is 0.908. The van der Waals surface area contributed by atoms with Gasteiger partial charge in [0, 0.05) is 12.0 Å². The molecular formula is C14H14BrNO2. The van der Waals surface area contributed by atoms with Gasteiger partial charge in [0.25, 0.3) is 0 Å². The van der Waals surface area contributed by atoms with Gasteiger partial charge < -0.3 is 9.57 Å². The van der Waals surface area contributed by atoms with Crippen LogP contribution in [0.4, 0.5) is 0 Å². The van der Waals surface area contributed by atoms with Crippen molar-refractivity contribution in [2.24, 2.45) is 0 Å².